The number of hydrogen-bond donors (Lipinski definition) is 1. The first kappa shape index (κ1) is 22.4. The molecule has 1 heterocycles. The maximum absolute atomic E-state index is 12.7. The molecule has 0 atom stereocenters. The van der Waals surface area contributed by atoms with E-state index in [9.17, 15) is 18.0 Å². The molecule has 0 spiro atoms. The summed E-state index contributed by atoms with van der Waals surface area (Å²) in [5.41, 5.74) is 1.28. The molecule has 0 unspecified atom stereocenters. The number of benzene rings is 2. The fraction of sp³-hybridized carbons (Fsp3) is 0.304. The van der Waals surface area contributed by atoms with Crippen molar-refractivity contribution in [2.24, 2.45) is 0 Å². The Labute approximate surface area is 177 Å². The fourth-order valence-electron chi connectivity index (χ4n) is 3.03. The fourth-order valence-corrected chi connectivity index (χ4v) is 3.03. The summed E-state index contributed by atoms with van der Waals surface area (Å²) in [5, 5.41) is 12.7. The van der Waals surface area contributed by atoms with Gasteiger partial charge in [0.05, 0.1) is 12.2 Å². The van der Waals surface area contributed by atoms with Crippen molar-refractivity contribution in [3.05, 3.63) is 71.5 Å². The van der Waals surface area contributed by atoms with Gasteiger partial charge in [0.2, 0.25) is 0 Å². The van der Waals surface area contributed by atoms with Crippen LogP contribution >= 0.6 is 0 Å². The first-order chi connectivity index (χ1) is 14.8. The number of carboxylic acids is 1. The highest BCUT2D eigenvalue weighted by atomic mass is 19.4. The third kappa shape index (κ3) is 6.87. The Hall–Kier alpha value is -3.29. The van der Waals surface area contributed by atoms with E-state index >= 15 is 0 Å². The number of ether oxygens (including phenoxy) is 1. The lowest BCUT2D eigenvalue weighted by Gasteiger charge is -2.07. The van der Waals surface area contributed by atoms with Gasteiger partial charge in [0, 0.05) is 24.5 Å². The highest BCUT2D eigenvalue weighted by molar-refractivity contribution is 5.67. The maximum Gasteiger partial charge on any atom is 0.416 e. The van der Waals surface area contributed by atoms with E-state index in [1.165, 1.54) is 12.1 Å². The molecule has 0 saturated carbocycles. The van der Waals surface area contributed by atoms with Gasteiger partial charge in [-0.1, -0.05) is 29.4 Å². The Balaban J connectivity index is 1.42. The van der Waals surface area contributed by atoms with E-state index in [0.717, 1.165) is 30.5 Å². The zero-order valence-corrected chi connectivity index (χ0v) is 16.7. The molecular weight excluding hydrogens is 411 g/mol. The number of rotatable bonds is 10. The zero-order valence-electron chi connectivity index (χ0n) is 16.7. The summed E-state index contributed by atoms with van der Waals surface area (Å²) in [6.45, 7) is 0.502. The first-order valence-electron chi connectivity index (χ1n) is 9.88. The molecule has 3 aromatic rings. The van der Waals surface area contributed by atoms with Crippen LogP contribution < -0.4 is 4.74 Å². The number of aryl methyl sites for hydroxylation is 2. The van der Waals surface area contributed by atoms with Crippen molar-refractivity contribution in [1.82, 2.24) is 5.16 Å². The van der Waals surface area contributed by atoms with Gasteiger partial charge in [-0.3, -0.25) is 4.79 Å². The molecular formula is C23H22F3NO4. The normalized spacial score (nSPS) is 11.5. The Morgan fingerprint density at radius 3 is 2.52 bits per heavy atom. The van der Waals surface area contributed by atoms with Crippen LogP contribution in [0.5, 0.6) is 5.75 Å². The number of carbonyl (C=O) groups is 1. The molecule has 0 saturated heterocycles. The molecule has 0 aliphatic carbocycles. The molecule has 0 aliphatic rings. The molecule has 1 N–H and O–H groups in total. The Kier molecular flexibility index (Phi) is 7.33. The predicted molar refractivity (Wildman–Crippen MR) is 108 cm³/mol. The van der Waals surface area contributed by atoms with Crippen molar-refractivity contribution in [2.75, 3.05) is 6.61 Å². The first-order valence-corrected chi connectivity index (χ1v) is 9.88. The molecule has 0 fully saturated rings. The molecule has 1 aromatic heterocycles. The minimum atomic E-state index is -4.37. The number of aromatic nitrogens is 1. The van der Waals surface area contributed by atoms with Crippen LogP contribution in [-0.2, 0) is 23.8 Å². The second-order valence-electron chi connectivity index (χ2n) is 7.10. The number of carboxylic acid groups (broad SMARTS) is 1. The third-order valence-electron chi connectivity index (χ3n) is 4.68. The van der Waals surface area contributed by atoms with Crippen LogP contribution in [0, 0.1) is 0 Å². The van der Waals surface area contributed by atoms with Crippen molar-refractivity contribution in [3.63, 3.8) is 0 Å². The molecule has 8 heteroatoms. The largest absolute Gasteiger partial charge is 0.494 e. The van der Waals surface area contributed by atoms with Gasteiger partial charge in [-0.25, -0.2) is 0 Å². The number of unbranched alkanes of at least 4 members (excludes halogenated alkanes) is 1. The van der Waals surface area contributed by atoms with E-state index in [-0.39, 0.29) is 6.42 Å². The van der Waals surface area contributed by atoms with E-state index in [0.29, 0.717) is 42.2 Å². The number of hydrogen-bond acceptors (Lipinski definition) is 4. The number of halogens is 3. The molecule has 0 amide bonds. The topological polar surface area (TPSA) is 72.6 Å². The Bertz CT molecular complexity index is 997. The smallest absolute Gasteiger partial charge is 0.416 e. The van der Waals surface area contributed by atoms with E-state index < -0.39 is 17.7 Å². The SMILES string of the molecule is O=C(O)CCc1cccc(OCCCCc2cc(-c3ccc(C(F)(F)F)cc3)no2)c1. The van der Waals surface area contributed by atoms with Crippen LogP contribution in [-0.4, -0.2) is 22.8 Å². The average Bonchev–Trinajstić information content (AvgIpc) is 3.21. The second-order valence-corrected chi connectivity index (χ2v) is 7.10. The zero-order chi connectivity index (χ0) is 22.3. The van der Waals surface area contributed by atoms with Gasteiger partial charge >= 0.3 is 12.1 Å². The second kappa shape index (κ2) is 10.1. The summed E-state index contributed by atoms with van der Waals surface area (Å²) in [4.78, 5) is 10.7. The van der Waals surface area contributed by atoms with E-state index in [4.69, 9.17) is 14.4 Å². The summed E-state index contributed by atoms with van der Waals surface area (Å²) >= 11 is 0. The lowest BCUT2D eigenvalue weighted by atomic mass is 10.1. The van der Waals surface area contributed by atoms with E-state index in [2.05, 4.69) is 5.16 Å². The van der Waals surface area contributed by atoms with Crippen LogP contribution in [0.25, 0.3) is 11.3 Å². The highest BCUT2D eigenvalue weighted by Gasteiger charge is 2.30. The number of nitrogens with zero attached hydrogens (tertiary/aromatic N) is 1. The predicted octanol–water partition coefficient (Wildman–Crippen LogP) is 5.78. The van der Waals surface area contributed by atoms with Gasteiger partial charge in [0.15, 0.2) is 0 Å². The molecule has 164 valence electrons. The lowest BCUT2D eigenvalue weighted by molar-refractivity contribution is -0.138. The molecule has 2 aromatic carbocycles. The van der Waals surface area contributed by atoms with Gasteiger partial charge in [0.1, 0.15) is 17.2 Å². The van der Waals surface area contributed by atoms with Gasteiger partial charge in [-0.05, 0) is 49.1 Å². The number of aliphatic carboxylic acids is 1. The van der Waals surface area contributed by atoms with Crippen LogP contribution in [0.4, 0.5) is 13.2 Å². The molecule has 0 radical (unpaired) electrons. The molecule has 0 bridgehead atoms. The third-order valence-corrected chi connectivity index (χ3v) is 4.68. The van der Waals surface area contributed by atoms with Crippen molar-refractivity contribution >= 4 is 5.97 Å². The molecule has 31 heavy (non-hydrogen) atoms. The maximum atomic E-state index is 12.7. The van der Waals surface area contributed by atoms with Gasteiger partial charge in [-0.2, -0.15) is 13.2 Å². The lowest BCUT2D eigenvalue weighted by Crippen LogP contribution is -2.03. The monoisotopic (exact) mass is 433 g/mol. The van der Waals surface area contributed by atoms with Crippen LogP contribution in [0.15, 0.2) is 59.1 Å². The minimum absolute atomic E-state index is 0.0785. The Morgan fingerprint density at radius 2 is 1.81 bits per heavy atom. The van der Waals surface area contributed by atoms with Gasteiger partial charge in [0.25, 0.3) is 0 Å². The van der Waals surface area contributed by atoms with E-state index in [1.54, 1.807) is 6.07 Å². The summed E-state index contributed by atoms with van der Waals surface area (Å²) in [7, 11) is 0. The molecule has 3 rings (SSSR count). The van der Waals surface area contributed by atoms with Gasteiger partial charge < -0.3 is 14.4 Å². The minimum Gasteiger partial charge on any atom is -0.494 e. The summed E-state index contributed by atoms with van der Waals surface area (Å²) in [6, 6.07) is 13.9. The molecule has 0 aliphatic heterocycles. The van der Waals surface area contributed by atoms with Crippen molar-refractivity contribution in [3.8, 4) is 17.0 Å². The number of alkyl halides is 3. The van der Waals surface area contributed by atoms with Crippen LogP contribution in [0.3, 0.4) is 0 Å². The van der Waals surface area contributed by atoms with Crippen molar-refractivity contribution < 1.29 is 32.3 Å². The molecule has 5 nitrogen and oxygen atoms in total. The summed E-state index contributed by atoms with van der Waals surface area (Å²) < 4.78 is 49.0. The van der Waals surface area contributed by atoms with Gasteiger partial charge in [-0.15, -0.1) is 0 Å². The average molecular weight is 433 g/mol. The standard InChI is InChI=1S/C23H22F3NO4/c24-23(25,26)18-10-8-17(9-11-18)21-15-20(31-27-21)5-1-2-13-30-19-6-3-4-16(14-19)7-12-22(28)29/h3-4,6,8-11,14-15H,1-2,5,7,12-13H2,(H,28,29). The van der Waals surface area contributed by atoms with Crippen LogP contribution in [0.1, 0.15) is 36.1 Å². The quantitative estimate of drug-likeness (QED) is 0.411. The summed E-state index contributed by atoms with van der Waals surface area (Å²) in [5.74, 6) is 0.526. The van der Waals surface area contributed by atoms with E-state index in [1.807, 2.05) is 24.3 Å². The van der Waals surface area contributed by atoms with Crippen LogP contribution in [0.2, 0.25) is 0 Å². The van der Waals surface area contributed by atoms with Crippen molar-refractivity contribution in [1.29, 1.82) is 0 Å². The Morgan fingerprint density at radius 1 is 1.03 bits per heavy atom. The summed E-state index contributed by atoms with van der Waals surface area (Å²) in [6.07, 6.45) is -1.63. The van der Waals surface area contributed by atoms with Crippen molar-refractivity contribution in [2.45, 2.75) is 38.3 Å². The highest BCUT2D eigenvalue weighted by Crippen LogP contribution is 2.31.